The van der Waals surface area contributed by atoms with Crippen LogP contribution < -0.4 is 11.1 Å². The number of amides is 2. The minimum atomic E-state index is -0.701. The van der Waals surface area contributed by atoms with Gasteiger partial charge in [0.25, 0.3) is 11.8 Å². The van der Waals surface area contributed by atoms with Crippen molar-refractivity contribution in [2.75, 3.05) is 7.05 Å². The number of likely N-dealkylation sites (N-methyl/N-ethyl adjacent to an activating group) is 1. The van der Waals surface area contributed by atoms with Crippen LogP contribution in [0.15, 0.2) is 37.8 Å². The largest absolute Gasteiger partial charge is 0.365 e. The summed E-state index contributed by atoms with van der Waals surface area (Å²) in [5.74, 6) is -1.14. The normalized spacial score (nSPS) is 16.4. The molecule has 6 heteroatoms. The van der Waals surface area contributed by atoms with Crippen LogP contribution in [0.5, 0.6) is 0 Å². The maximum absolute atomic E-state index is 11.8. The van der Waals surface area contributed by atoms with Crippen molar-refractivity contribution < 1.29 is 9.59 Å². The van der Waals surface area contributed by atoms with E-state index in [1.54, 1.807) is 0 Å². The van der Waals surface area contributed by atoms with Crippen molar-refractivity contribution in [3.8, 4) is 0 Å². The molecule has 0 aromatic heterocycles. The number of nitrogens with two attached hydrogens (primary N) is 1. The van der Waals surface area contributed by atoms with Crippen LogP contribution in [0.3, 0.4) is 0 Å². The van der Waals surface area contributed by atoms with Gasteiger partial charge in [0, 0.05) is 16.8 Å². The molecule has 1 heterocycles. The van der Waals surface area contributed by atoms with Gasteiger partial charge < -0.3 is 11.1 Å². The van der Waals surface area contributed by atoms with E-state index in [9.17, 15) is 9.59 Å². The first-order chi connectivity index (χ1) is 9.74. The van der Waals surface area contributed by atoms with Gasteiger partial charge in [-0.2, -0.15) is 0 Å². The third-order valence-corrected chi connectivity index (χ3v) is 5.66. The first kappa shape index (κ1) is 16.0. The number of carbonyl (C=O) groups is 2. The molecule has 2 amide bonds. The third-order valence-electron chi connectivity index (χ3n) is 3.12. The molecular formula is C15H18N2O2S2. The lowest BCUT2D eigenvalue weighted by molar-refractivity contribution is -0.121. The molecule has 1 aliphatic heterocycles. The van der Waals surface area contributed by atoms with Crippen LogP contribution >= 0.6 is 23.5 Å². The zero-order chi connectivity index (χ0) is 15.8. The fourth-order valence-corrected chi connectivity index (χ4v) is 4.49. The number of rotatable bonds is 2. The molecule has 4 nitrogen and oxygen atoms in total. The maximum atomic E-state index is 11.8. The van der Waals surface area contributed by atoms with Crippen LogP contribution in [0.1, 0.15) is 26.3 Å². The van der Waals surface area contributed by atoms with Gasteiger partial charge in [0.1, 0.15) is 5.57 Å². The lowest BCUT2D eigenvalue weighted by atomic mass is 9.87. The van der Waals surface area contributed by atoms with E-state index in [0.29, 0.717) is 4.24 Å². The van der Waals surface area contributed by atoms with Crippen LogP contribution in [0.4, 0.5) is 0 Å². The van der Waals surface area contributed by atoms with Gasteiger partial charge in [-0.25, -0.2) is 0 Å². The van der Waals surface area contributed by atoms with Crippen molar-refractivity contribution in [3.05, 3.63) is 33.6 Å². The highest BCUT2D eigenvalue weighted by Crippen LogP contribution is 2.53. The van der Waals surface area contributed by atoms with Crippen molar-refractivity contribution in [2.24, 2.45) is 5.73 Å². The standard InChI is InChI=1S/C15H18N2O2S2/c1-15(2,3)8-5-6-9-10(7-8)21-14(20-9)11(12(16)18)13(19)17-4/h5-7H,1-4H3,(H2,16,18)(H,17,19)/b14-11+. The maximum Gasteiger partial charge on any atom is 0.258 e. The number of carbonyl (C=O) groups excluding carboxylic acids is 2. The second-order valence-corrected chi connectivity index (χ2v) is 8.08. The monoisotopic (exact) mass is 322 g/mol. The van der Waals surface area contributed by atoms with Crippen molar-refractivity contribution in [1.29, 1.82) is 0 Å². The Balaban J connectivity index is 2.43. The molecule has 112 valence electrons. The SMILES string of the molecule is CNC(=O)/C(C(N)=O)=C1\Sc2ccc(C(C)(C)C)cc2S1. The van der Waals surface area contributed by atoms with Crippen molar-refractivity contribution in [3.63, 3.8) is 0 Å². The average molecular weight is 322 g/mol. The predicted octanol–water partition coefficient (Wildman–Crippen LogP) is 2.62. The summed E-state index contributed by atoms with van der Waals surface area (Å²) in [6, 6.07) is 6.23. The van der Waals surface area contributed by atoms with Gasteiger partial charge in [0.2, 0.25) is 0 Å². The number of fused-ring (bicyclic) bond motifs is 1. The first-order valence-electron chi connectivity index (χ1n) is 6.50. The van der Waals surface area contributed by atoms with Crippen molar-refractivity contribution in [2.45, 2.75) is 36.0 Å². The molecule has 21 heavy (non-hydrogen) atoms. The van der Waals surface area contributed by atoms with Crippen LogP contribution in [0, 0.1) is 0 Å². The Morgan fingerprint density at radius 1 is 1.14 bits per heavy atom. The van der Waals surface area contributed by atoms with E-state index < -0.39 is 11.8 Å². The zero-order valence-corrected chi connectivity index (χ0v) is 14.1. The second-order valence-electron chi connectivity index (χ2n) is 5.72. The summed E-state index contributed by atoms with van der Waals surface area (Å²) in [7, 11) is 1.49. The van der Waals surface area contributed by atoms with Gasteiger partial charge in [-0.05, 0) is 23.1 Å². The highest BCUT2D eigenvalue weighted by molar-refractivity contribution is 8.24. The number of primary amides is 1. The molecule has 0 spiro atoms. The molecule has 0 saturated carbocycles. The Morgan fingerprint density at radius 2 is 1.76 bits per heavy atom. The van der Waals surface area contributed by atoms with Crippen molar-refractivity contribution in [1.82, 2.24) is 5.32 Å². The Bertz CT molecular complexity index is 646. The molecule has 0 atom stereocenters. The Morgan fingerprint density at radius 3 is 2.29 bits per heavy atom. The lowest BCUT2D eigenvalue weighted by Crippen LogP contribution is -2.29. The van der Waals surface area contributed by atoms with E-state index >= 15 is 0 Å². The summed E-state index contributed by atoms with van der Waals surface area (Å²) in [6.07, 6.45) is 0. The molecule has 0 bridgehead atoms. The summed E-state index contributed by atoms with van der Waals surface area (Å²) in [6.45, 7) is 6.45. The van der Waals surface area contributed by atoms with Gasteiger partial charge >= 0.3 is 0 Å². The Hall–Kier alpha value is -1.40. The lowest BCUT2D eigenvalue weighted by Gasteiger charge is -2.19. The zero-order valence-electron chi connectivity index (χ0n) is 12.4. The molecule has 1 aromatic rings. The summed E-state index contributed by atoms with van der Waals surface area (Å²) in [5, 5.41) is 2.46. The van der Waals surface area contributed by atoms with Gasteiger partial charge in [-0.3, -0.25) is 9.59 Å². The summed E-state index contributed by atoms with van der Waals surface area (Å²) in [5.41, 5.74) is 6.65. The summed E-state index contributed by atoms with van der Waals surface area (Å²) in [4.78, 5) is 25.5. The average Bonchev–Trinajstić information content (AvgIpc) is 2.79. The number of hydrogen-bond donors (Lipinski definition) is 2. The van der Waals surface area contributed by atoms with Crippen LogP contribution in [-0.2, 0) is 15.0 Å². The minimum absolute atomic E-state index is 0.0287. The number of benzene rings is 1. The highest BCUT2D eigenvalue weighted by atomic mass is 32.2. The molecule has 0 fully saturated rings. The smallest absolute Gasteiger partial charge is 0.258 e. The molecule has 0 radical (unpaired) electrons. The van der Waals surface area contributed by atoms with E-state index in [1.807, 2.05) is 6.07 Å². The molecule has 0 saturated heterocycles. The first-order valence-corrected chi connectivity index (χ1v) is 8.13. The minimum Gasteiger partial charge on any atom is -0.365 e. The third kappa shape index (κ3) is 3.27. The molecule has 0 aliphatic carbocycles. The number of nitrogens with one attached hydrogen (secondary N) is 1. The number of hydrogen-bond acceptors (Lipinski definition) is 4. The van der Waals surface area contributed by atoms with Gasteiger partial charge in [0.15, 0.2) is 0 Å². The fraction of sp³-hybridized carbons (Fsp3) is 0.333. The number of thioether (sulfide) groups is 2. The van der Waals surface area contributed by atoms with Crippen LogP contribution in [0.2, 0.25) is 0 Å². The molecular weight excluding hydrogens is 304 g/mol. The van der Waals surface area contributed by atoms with E-state index in [2.05, 4.69) is 38.2 Å². The molecule has 3 N–H and O–H groups in total. The van der Waals surface area contributed by atoms with Gasteiger partial charge in [-0.1, -0.05) is 50.4 Å². The topological polar surface area (TPSA) is 72.2 Å². The molecule has 0 unspecified atom stereocenters. The molecule has 2 rings (SSSR count). The highest BCUT2D eigenvalue weighted by Gasteiger charge is 2.28. The van der Waals surface area contributed by atoms with E-state index in [1.165, 1.54) is 36.1 Å². The predicted molar refractivity (Wildman–Crippen MR) is 87.1 cm³/mol. The van der Waals surface area contributed by atoms with Crippen molar-refractivity contribution >= 4 is 35.3 Å². The fourth-order valence-electron chi connectivity index (χ4n) is 1.89. The summed E-state index contributed by atoms with van der Waals surface area (Å²) < 4.78 is 0.642. The van der Waals surface area contributed by atoms with Gasteiger partial charge in [-0.15, -0.1) is 0 Å². The van der Waals surface area contributed by atoms with Crippen LogP contribution in [-0.4, -0.2) is 18.9 Å². The Labute approximate surface area is 132 Å². The summed E-state index contributed by atoms with van der Waals surface area (Å²) >= 11 is 2.84. The van der Waals surface area contributed by atoms with E-state index in [0.717, 1.165) is 9.79 Å². The Kier molecular flexibility index (Phi) is 4.39. The van der Waals surface area contributed by atoms with E-state index in [4.69, 9.17) is 5.73 Å². The molecule has 1 aliphatic rings. The second kappa shape index (κ2) is 5.77. The van der Waals surface area contributed by atoms with Gasteiger partial charge in [0.05, 0.1) is 4.24 Å². The quantitative estimate of drug-likeness (QED) is 0.499. The van der Waals surface area contributed by atoms with E-state index in [-0.39, 0.29) is 11.0 Å². The van der Waals surface area contributed by atoms with Crippen LogP contribution in [0.25, 0.3) is 0 Å². The molecule has 1 aromatic carbocycles.